The zero-order valence-corrected chi connectivity index (χ0v) is 16.3. The Labute approximate surface area is 150 Å². The third kappa shape index (κ3) is 5.38. The van der Waals surface area contributed by atoms with Gasteiger partial charge in [0, 0.05) is 19.4 Å². The third-order valence-electron chi connectivity index (χ3n) is 4.07. The number of carbonyl (C=O) groups is 1. The molecule has 0 aromatic carbocycles. The van der Waals surface area contributed by atoms with E-state index >= 15 is 0 Å². The molecule has 8 nitrogen and oxygen atoms in total. The Morgan fingerprint density at radius 3 is 2.60 bits per heavy atom. The molecule has 0 aromatic heterocycles. The minimum Gasteiger partial charge on any atom is -0.459 e. The molecule has 9 heteroatoms. The number of hydrogen-bond acceptors (Lipinski definition) is 7. The van der Waals surface area contributed by atoms with Crippen LogP contribution in [0.25, 0.3) is 0 Å². The van der Waals surface area contributed by atoms with E-state index in [0.29, 0.717) is 6.61 Å². The molecule has 0 aromatic rings. The van der Waals surface area contributed by atoms with Crippen molar-refractivity contribution < 1.29 is 26.9 Å². The van der Waals surface area contributed by atoms with Gasteiger partial charge in [0.2, 0.25) is 0 Å². The molecule has 0 spiro atoms. The molecule has 0 radical (unpaired) electrons. The molecular formula is C16H28N2O6S. The van der Waals surface area contributed by atoms with Gasteiger partial charge in [-0.3, -0.25) is 8.98 Å². The predicted octanol–water partition coefficient (Wildman–Crippen LogP) is 1.52. The van der Waals surface area contributed by atoms with Gasteiger partial charge in [0.15, 0.2) is 5.54 Å². The average molecular weight is 376 g/mol. The number of nitrogens with one attached hydrogen (secondary N) is 1. The van der Waals surface area contributed by atoms with E-state index < -0.39 is 39.9 Å². The van der Waals surface area contributed by atoms with Crippen LogP contribution >= 0.6 is 0 Å². The largest absolute Gasteiger partial charge is 0.459 e. The highest BCUT2D eigenvalue weighted by atomic mass is 32.2. The van der Waals surface area contributed by atoms with E-state index in [9.17, 15) is 18.5 Å². The van der Waals surface area contributed by atoms with Crippen molar-refractivity contribution in [2.24, 2.45) is 11.8 Å². The van der Waals surface area contributed by atoms with Crippen LogP contribution in [0.2, 0.25) is 0 Å². The highest BCUT2D eigenvalue weighted by molar-refractivity contribution is 7.84. The lowest BCUT2D eigenvalue weighted by Gasteiger charge is -2.41. The van der Waals surface area contributed by atoms with E-state index in [1.54, 1.807) is 6.92 Å². The van der Waals surface area contributed by atoms with Crippen molar-refractivity contribution in [3.8, 4) is 6.07 Å². The van der Waals surface area contributed by atoms with Gasteiger partial charge < -0.3 is 9.47 Å². The molecule has 4 atom stereocenters. The monoisotopic (exact) mass is 376 g/mol. The van der Waals surface area contributed by atoms with Crippen LogP contribution < -0.4 is 4.72 Å². The van der Waals surface area contributed by atoms with Crippen LogP contribution in [0.5, 0.6) is 0 Å². The highest BCUT2D eigenvalue weighted by Crippen LogP contribution is 2.34. The van der Waals surface area contributed by atoms with E-state index in [0.717, 1.165) is 12.8 Å². The molecule has 0 amide bonds. The molecule has 0 saturated carbocycles. The summed E-state index contributed by atoms with van der Waals surface area (Å²) in [7, 11) is -4.19. The Morgan fingerprint density at radius 2 is 2.12 bits per heavy atom. The lowest BCUT2D eigenvalue weighted by atomic mass is 9.78. The van der Waals surface area contributed by atoms with Crippen LogP contribution in [0.4, 0.5) is 0 Å². The normalized spacial score (nSPS) is 30.3. The van der Waals surface area contributed by atoms with Crippen LogP contribution in [0.1, 0.15) is 47.5 Å². The quantitative estimate of drug-likeness (QED) is 0.529. The Kier molecular flexibility index (Phi) is 7.81. The summed E-state index contributed by atoms with van der Waals surface area (Å²) in [6, 6.07) is 2.03. The second kappa shape index (κ2) is 8.94. The first-order valence-electron chi connectivity index (χ1n) is 8.48. The second-order valence-electron chi connectivity index (χ2n) is 6.72. The molecule has 1 saturated heterocycles. The summed E-state index contributed by atoms with van der Waals surface area (Å²) in [4.78, 5) is 11.6. The lowest BCUT2D eigenvalue weighted by molar-refractivity contribution is -0.158. The number of hydrogen-bond donors (Lipinski definition) is 1. The number of ether oxygens (including phenoxy) is 2. The zero-order valence-electron chi connectivity index (χ0n) is 15.4. The molecule has 1 aliphatic rings. The van der Waals surface area contributed by atoms with Gasteiger partial charge in [0.05, 0.1) is 18.8 Å². The molecule has 1 unspecified atom stereocenters. The molecule has 1 heterocycles. The summed E-state index contributed by atoms with van der Waals surface area (Å²) in [6.45, 7) is 8.71. The van der Waals surface area contributed by atoms with Crippen molar-refractivity contribution in [2.75, 3.05) is 13.2 Å². The fourth-order valence-corrected chi connectivity index (χ4v) is 4.13. The summed E-state index contributed by atoms with van der Waals surface area (Å²) in [5.74, 6) is -1.33. The first kappa shape index (κ1) is 21.8. The minimum atomic E-state index is -4.19. The molecule has 1 N–H and O–H groups in total. The summed E-state index contributed by atoms with van der Waals surface area (Å²) in [5, 5.41) is 9.97. The summed E-state index contributed by atoms with van der Waals surface area (Å²) in [6.07, 6.45) is -0.196. The Bertz CT molecular complexity index is 600. The molecule has 0 aliphatic carbocycles. The average Bonchev–Trinajstić information content (AvgIpc) is 2.61. The van der Waals surface area contributed by atoms with Crippen molar-refractivity contribution in [3.63, 3.8) is 0 Å². The predicted molar refractivity (Wildman–Crippen MR) is 90.6 cm³/mol. The van der Waals surface area contributed by atoms with Gasteiger partial charge in [0.1, 0.15) is 6.10 Å². The van der Waals surface area contributed by atoms with Crippen molar-refractivity contribution >= 4 is 16.3 Å². The molecule has 0 bridgehead atoms. The number of carbonyl (C=O) groups excluding carboxylic acids is 1. The number of esters is 1. The van der Waals surface area contributed by atoms with E-state index in [-0.39, 0.29) is 12.5 Å². The van der Waals surface area contributed by atoms with E-state index in [2.05, 4.69) is 4.72 Å². The van der Waals surface area contributed by atoms with Gasteiger partial charge in [-0.25, -0.2) is 0 Å². The molecule has 1 aliphatic heterocycles. The standard InChI is InChI=1S/C16H28N2O6S/c1-6-7-8-22-14(11(2)3)16(10-17)15(24-13(5)19)12(4)9-23-25(20,21)18-16/h11-12,14-15,18H,6-9H2,1-5H3/t12-,14-,15+,16?/m0/s1. The number of unbranched alkanes of at least 4 members (excludes halogenated alkanes) is 1. The van der Waals surface area contributed by atoms with Crippen LogP contribution in [-0.4, -0.2) is 45.3 Å². The number of nitrogens with zero attached hydrogens (tertiary/aromatic N) is 1. The van der Waals surface area contributed by atoms with Crippen molar-refractivity contribution in [3.05, 3.63) is 0 Å². The first-order valence-corrected chi connectivity index (χ1v) is 9.88. The number of rotatable bonds is 7. The molecule has 144 valence electrons. The first-order chi connectivity index (χ1) is 11.6. The van der Waals surface area contributed by atoms with Crippen LogP contribution in [-0.2, 0) is 28.8 Å². The maximum atomic E-state index is 12.2. The van der Waals surface area contributed by atoms with Crippen LogP contribution in [0, 0.1) is 23.2 Å². The topological polar surface area (TPSA) is 115 Å². The van der Waals surface area contributed by atoms with Crippen molar-refractivity contribution in [2.45, 2.75) is 65.2 Å². The van der Waals surface area contributed by atoms with Gasteiger partial charge in [0.25, 0.3) is 0 Å². The van der Waals surface area contributed by atoms with Gasteiger partial charge in [-0.05, 0) is 12.3 Å². The van der Waals surface area contributed by atoms with Crippen LogP contribution in [0.15, 0.2) is 0 Å². The van der Waals surface area contributed by atoms with E-state index in [4.69, 9.17) is 13.7 Å². The third-order valence-corrected chi connectivity index (χ3v) is 5.11. The van der Waals surface area contributed by atoms with Crippen molar-refractivity contribution in [1.82, 2.24) is 4.72 Å². The van der Waals surface area contributed by atoms with Gasteiger partial charge in [-0.15, -0.1) is 0 Å². The van der Waals surface area contributed by atoms with Gasteiger partial charge in [-0.2, -0.15) is 18.4 Å². The second-order valence-corrected chi connectivity index (χ2v) is 8.07. The summed E-state index contributed by atoms with van der Waals surface area (Å²) in [5.41, 5.74) is -1.78. The van der Waals surface area contributed by atoms with Crippen LogP contribution in [0.3, 0.4) is 0 Å². The van der Waals surface area contributed by atoms with E-state index in [1.165, 1.54) is 6.92 Å². The Morgan fingerprint density at radius 1 is 1.48 bits per heavy atom. The Hall–Kier alpha value is -1.21. The summed E-state index contributed by atoms with van der Waals surface area (Å²) >= 11 is 0. The van der Waals surface area contributed by atoms with Gasteiger partial charge >= 0.3 is 16.3 Å². The SMILES string of the molecule is CCCCO[C@@H](C(C)C)C1(C#N)NS(=O)(=O)OC[C@H](C)[C@H]1OC(C)=O. The fraction of sp³-hybridized carbons (Fsp3) is 0.875. The maximum Gasteiger partial charge on any atom is 0.337 e. The van der Waals surface area contributed by atoms with Crippen molar-refractivity contribution in [1.29, 1.82) is 5.26 Å². The maximum absolute atomic E-state index is 12.2. The Balaban J connectivity index is 3.43. The van der Waals surface area contributed by atoms with Gasteiger partial charge in [-0.1, -0.05) is 34.1 Å². The molecule has 1 fully saturated rings. The lowest BCUT2D eigenvalue weighted by Crippen LogP contribution is -2.66. The smallest absolute Gasteiger partial charge is 0.337 e. The molecule has 25 heavy (non-hydrogen) atoms. The summed E-state index contributed by atoms with van der Waals surface area (Å²) < 4.78 is 42.8. The number of nitriles is 1. The minimum absolute atomic E-state index is 0.198. The molecule has 1 rings (SSSR count). The molecular weight excluding hydrogens is 348 g/mol. The zero-order chi connectivity index (χ0) is 19.3. The van der Waals surface area contributed by atoms with E-state index in [1.807, 2.05) is 26.8 Å². The highest BCUT2D eigenvalue weighted by Gasteiger charge is 2.56. The fourth-order valence-electron chi connectivity index (χ4n) is 2.99.